The topological polar surface area (TPSA) is 35.2 Å². The maximum Gasteiger partial charge on any atom is 0.137 e. The van der Waals surface area contributed by atoms with Gasteiger partial charge in [0.2, 0.25) is 0 Å². The van der Waals surface area contributed by atoms with Crippen LogP contribution < -0.4 is 10.5 Å². The van der Waals surface area contributed by atoms with E-state index < -0.39 is 0 Å². The highest BCUT2D eigenvalue weighted by atomic mass is 79.9. The van der Waals surface area contributed by atoms with E-state index in [1.54, 1.807) is 0 Å². The molecule has 0 aromatic heterocycles. The first-order chi connectivity index (χ1) is 6.77. The second kappa shape index (κ2) is 2.97. The number of rotatable bonds is 0. The molecule has 0 radical (unpaired) electrons. The number of ether oxygens (including phenoxy) is 1. The lowest BCUT2D eigenvalue weighted by Gasteiger charge is -2.11. The molecule has 2 N–H and O–H groups in total. The number of benzene rings is 1. The first-order valence-corrected chi connectivity index (χ1v) is 5.79. The van der Waals surface area contributed by atoms with E-state index in [0.29, 0.717) is 0 Å². The van der Waals surface area contributed by atoms with Crippen LogP contribution in [0.15, 0.2) is 10.5 Å². The molecular weight excluding hydrogens is 242 g/mol. The van der Waals surface area contributed by atoms with Crippen molar-refractivity contribution in [3.63, 3.8) is 0 Å². The normalized spacial score (nSPS) is 23.1. The Balaban J connectivity index is 2.28. The predicted molar refractivity (Wildman–Crippen MR) is 58.6 cm³/mol. The molecule has 1 heterocycles. The van der Waals surface area contributed by atoms with Crippen LogP contribution in [-0.2, 0) is 12.8 Å². The van der Waals surface area contributed by atoms with Gasteiger partial charge in [-0.05, 0) is 46.0 Å². The van der Waals surface area contributed by atoms with E-state index in [2.05, 4.69) is 22.0 Å². The number of hydrogen-bond donors (Lipinski definition) is 1. The van der Waals surface area contributed by atoms with Crippen LogP contribution in [0.4, 0.5) is 0 Å². The molecule has 3 heteroatoms. The number of hydrogen-bond acceptors (Lipinski definition) is 2. The van der Waals surface area contributed by atoms with Crippen LogP contribution >= 0.6 is 15.9 Å². The van der Waals surface area contributed by atoms with Gasteiger partial charge in [-0.15, -0.1) is 0 Å². The number of nitrogens with two attached hydrogens (primary N) is 1. The minimum Gasteiger partial charge on any atom is -0.492 e. The van der Waals surface area contributed by atoms with Gasteiger partial charge in [-0.2, -0.15) is 0 Å². The SMILES string of the molecule is NC1CCc2cc(Br)c3c(c21)CCO3. The third-order valence-corrected chi connectivity index (χ3v) is 3.75. The Morgan fingerprint density at radius 3 is 3.14 bits per heavy atom. The van der Waals surface area contributed by atoms with Crippen molar-refractivity contribution in [3.8, 4) is 5.75 Å². The van der Waals surface area contributed by atoms with Crippen molar-refractivity contribution >= 4 is 15.9 Å². The van der Waals surface area contributed by atoms with Crippen molar-refractivity contribution in [3.05, 3.63) is 27.2 Å². The first kappa shape index (κ1) is 8.74. The minimum atomic E-state index is 0.230. The van der Waals surface area contributed by atoms with Gasteiger partial charge in [0, 0.05) is 18.0 Å². The van der Waals surface area contributed by atoms with Crippen molar-refractivity contribution in [1.82, 2.24) is 0 Å². The molecule has 1 aliphatic heterocycles. The van der Waals surface area contributed by atoms with E-state index in [0.717, 1.165) is 36.1 Å². The van der Waals surface area contributed by atoms with Crippen molar-refractivity contribution in [1.29, 1.82) is 0 Å². The second-order valence-corrected chi connectivity index (χ2v) is 4.84. The predicted octanol–water partition coefficient (Wildman–Crippen LogP) is 2.33. The second-order valence-electron chi connectivity index (χ2n) is 3.98. The smallest absolute Gasteiger partial charge is 0.137 e. The number of halogens is 1. The van der Waals surface area contributed by atoms with Gasteiger partial charge in [0.25, 0.3) is 0 Å². The molecule has 0 spiro atoms. The van der Waals surface area contributed by atoms with E-state index in [4.69, 9.17) is 10.5 Å². The van der Waals surface area contributed by atoms with E-state index in [9.17, 15) is 0 Å². The van der Waals surface area contributed by atoms with Crippen LogP contribution in [0.5, 0.6) is 5.75 Å². The lowest BCUT2D eigenvalue weighted by molar-refractivity contribution is 0.355. The first-order valence-electron chi connectivity index (χ1n) is 5.00. The van der Waals surface area contributed by atoms with Crippen molar-refractivity contribution in [2.45, 2.75) is 25.3 Å². The molecule has 0 fully saturated rings. The summed E-state index contributed by atoms with van der Waals surface area (Å²) in [6, 6.07) is 2.40. The molecule has 0 amide bonds. The fourth-order valence-corrected chi connectivity index (χ4v) is 3.17. The van der Waals surface area contributed by atoms with Crippen LogP contribution in [0.3, 0.4) is 0 Å². The van der Waals surface area contributed by atoms with Gasteiger partial charge < -0.3 is 10.5 Å². The molecule has 1 unspecified atom stereocenters. The van der Waals surface area contributed by atoms with Gasteiger partial charge >= 0.3 is 0 Å². The average Bonchev–Trinajstić information content (AvgIpc) is 2.72. The van der Waals surface area contributed by atoms with Gasteiger partial charge in [0.15, 0.2) is 0 Å². The molecule has 3 rings (SSSR count). The van der Waals surface area contributed by atoms with Gasteiger partial charge in [0.1, 0.15) is 5.75 Å². The summed E-state index contributed by atoms with van der Waals surface area (Å²) >= 11 is 3.55. The summed E-state index contributed by atoms with van der Waals surface area (Å²) in [5.41, 5.74) is 10.2. The third-order valence-electron chi connectivity index (χ3n) is 3.16. The molecule has 0 saturated heterocycles. The average molecular weight is 254 g/mol. The lowest BCUT2D eigenvalue weighted by atomic mass is 9.99. The quantitative estimate of drug-likeness (QED) is 0.771. The third kappa shape index (κ3) is 1.06. The molecule has 2 nitrogen and oxygen atoms in total. The fourth-order valence-electron chi connectivity index (χ4n) is 2.54. The van der Waals surface area contributed by atoms with Crippen LogP contribution in [0.1, 0.15) is 29.2 Å². The Bertz CT molecular complexity index is 403. The monoisotopic (exact) mass is 253 g/mol. The van der Waals surface area contributed by atoms with Crippen LogP contribution in [0.2, 0.25) is 0 Å². The highest BCUT2D eigenvalue weighted by Crippen LogP contribution is 2.43. The Morgan fingerprint density at radius 2 is 2.29 bits per heavy atom. The minimum absolute atomic E-state index is 0.230. The Labute approximate surface area is 91.6 Å². The fraction of sp³-hybridized carbons (Fsp3) is 0.455. The van der Waals surface area contributed by atoms with Crippen LogP contribution in [0.25, 0.3) is 0 Å². The molecule has 1 atom stereocenters. The summed E-state index contributed by atoms with van der Waals surface area (Å²) in [5.74, 6) is 1.03. The zero-order valence-corrected chi connectivity index (χ0v) is 9.43. The highest BCUT2D eigenvalue weighted by Gasteiger charge is 2.29. The Morgan fingerprint density at radius 1 is 1.43 bits per heavy atom. The van der Waals surface area contributed by atoms with Crippen molar-refractivity contribution < 1.29 is 4.74 Å². The van der Waals surface area contributed by atoms with Gasteiger partial charge in [0.05, 0.1) is 11.1 Å². The van der Waals surface area contributed by atoms with Crippen molar-refractivity contribution in [2.75, 3.05) is 6.61 Å². The Hall–Kier alpha value is -0.540. The molecule has 1 aromatic carbocycles. The van der Waals surface area contributed by atoms with Crippen LogP contribution in [-0.4, -0.2) is 6.61 Å². The van der Waals surface area contributed by atoms with E-state index in [1.165, 1.54) is 16.7 Å². The summed E-state index contributed by atoms with van der Waals surface area (Å²) in [6.45, 7) is 0.803. The molecule has 2 aliphatic rings. The summed E-state index contributed by atoms with van der Waals surface area (Å²) in [7, 11) is 0. The molecule has 0 saturated carbocycles. The van der Waals surface area contributed by atoms with E-state index >= 15 is 0 Å². The lowest BCUT2D eigenvalue weighted by Crippen LogP contribution is -2.07. The molecule has 1 aliphatic carbocycles. The molecule has 0 bridgehead atoms. The van der Waals surface area contributed by atoms with Gasteiger partial charge in [-0.25, -0.2) is 0 Å². The molecule has 74 valence electrons. The number of fused-ring (bicyclic) bond motifs is 3. The zero-order valence-electron chi connectivity index (χ0n) is 7.85. The van der Waals surface area contributed by atoms with Crippen molar-refractivity contribution in [2.24, 2.45) is 5.73 Å². The number of aryl methyl sites for hydroxylation is 1. The standard InChI is InChI=1S/C11H12BrNO/c12-8-5-6-1-2-9(13)10(6)7-3-4-14-11(7)8/h5,9H,1-4,13H2. The van der Waals surface area contributed by atoms with Gasteiger partial charge in [-0.1, -0.05) is 0 Å². The zero-order chi connectivity index (χ0) is 9.71. The van der Waals surface area contributed by atoms with Crippen LogP contribution in [0, 0.1) is 0 Å². The van der Waals surface area contributed by atoms with E-state index in [-0.39, 0.29) is 6.04 Å². The van der Waals surface area contributed by atoms with Gasteiger partial charge in [-0.3, -0.25) is 0 Å². The molecular formula is C11H12BrNO. The van der Waals surface area contributed by atoms with E-state index in [1.807, 2.05) is 0 Å². The highest BCUT2D eigenvalue weighted by molar-refractivity contribution is 9.10. The molecule has 1 aromatic rings. The molecule has 14 heavy (non-hydrogen) atoms. The summed E-state index contributed by atoms with van der Waals surface area (Å²) in [4.78, 5) is 0. The maximum absolute atomic E-state index is 6.10. The summed E-state index contributed by atoms with van der Waals surface area (Å²) in [6.07, 6.45) is 3.21. The maximum atomic E-state index is 6.10. The largest absolute Gasteiger partial charge is 0.492 e. The summed E-state index contributed by atoms with van der Waals surface area (Å²) in [5, 5.41) is 0. The Kier molecular flexibility index (Phi) is 1.86. The summed E-state index contributed by atoms with van der Waals surface area (Å²) < 4.78 is 6.70.